The molecule has 25 heavy (non-hydrogen) atoms. The van der Waals surface area contributed by atoms with E-state index in [9.17, 15) is 4.79 Å². The predicted octanol–water partition coefficient (Wildman–Crippen LogP) is 1.84. The lowest BCUT2D eigenvalue weighted by atomic mass is 9.95. The Morgan fingerprint density at radius 3 is 2.60 bits per heavy atom. The van der Waals surface area contributed by atoms with Crippen molar-refractivity contribution < 1.29 is 4.79 Å². The summed E-state index contributed by atoms with van der Waals surface area (Å²) < 4.78 is 0. The maximum atomic E-state index is 12.8. The van der Waals surface area contributed by atoms with Crippen molar-refractivity contribution in [2.75, 3.05) is 13.1 Å². The van der Waals surface area contributed by atoms with E-state index in [1.165, 1.54) is 18.4 Å². The Morgan fingerprint density at radius 2 is 1.96 bits per heavy atom. The van der Waals surface area contributed by atoms with Gasteiger partial charge in [-0.05, 0) is 37.5 Å². The summed E-state index contributed by atoms with van der Waals surface area (Å²) in [6.07, 6.45) is 4.28. The summed E-state index contributed by atoms with van der Waals surface area (Å²) >= 11 is 5.55. The molecule has 2 saturated heterocycles. The molecule has 4 rings (SSSR count). The molecule has 1 aromatic carbocycles. The van der Waals surface area contributed by atoms with Gasteiger partial charge in [0.05, 0.1) is 11.7 Å². The second-order valence-corrected chi connectivity index (χ2v) is 7.91. The standard InChI is InChI=1S/C19H26N4OS/c1-14-17(24)23(13-15-5-3-2-4-6-15)19(21-14)9-11-22(12-10-19)18(25)20-16-7-8-16/h2-6,14,16,21H,7-13H2,1H3,(H,20,25). The number of piperidine rings is 1. The quantitative estimate of drug-likeness (QED) is 0.808. The molecule has 1 spiro atoms. The number of carbonyl (C=O) groups excluding carboxylic acids is 1. The highest BCUT2D eigenvalue weighted by Gasteiger charge is 2.50. The number of nitrogens with zero attached hydrogens (tertiary/aromatic N) is 2. The van der Waals surface area contributed by atoms with Crippen LogP contribution in [-0.4, -0.2) is 51.7 Å². The molecule has 1 saturated carbocycles. The number of benzene rings is 1. The van der Waals surface area contributed by atoms with E-state index in [2.05, 4.69) is 32.6 Å². The molecule has 0 radical (unpaired) electrons. The average Bonchev–Trinajstić information content (AvgIpc) is 3.40. The highest BCUT2D eigenvalue weighted by molar-refractivity contribution is 7.80. The Bertz CT molecular complexity index is 653. The van der Waals surface area contributed by atoms with Gasteiger partial charge in [-0.2, -0.15) is 0 Å². The van der Waals surface area contributed by atoms with Crippen molar-refractivity contribution >= 4 is 23.2 Å². The first-order chi connectivity index (χ1) is 12.1. The molecule has 134 valence electrons. The van der Waals surface area contributed by atoms with Crippen molar-refractivity contribution in [3.63, 3.8) is 0 Å². The number of carbonyl (C=O) groups is 1. The van der Waals surface area contributed by atoms with Crippen LogP contribution in [-0.2, 0) is 11.3 Å². The Kier molecular flexibility index (Phi) is 4.41. The van der Waals surface area contributed by atoms with Crippen LogP contribution in [0.1, 0.15) is 38.2 Å². The van der Waals surface area contributed by atoms with Crippen LogP contribution in [0.4, 0.5) is 0 Å². The topological polar surface area (TPSA) is 47.6 Å². The Labute approximate surface area is 154 Å². The summed E-state index contributed by atoms with van der Waals surface area (Å²) in [5, 5.41) is 7.89. The molecule has 0 aromatic heterocycles. The van der Waals surface area contributed by atoms with Gasteiger partial charge in [-0.1, -0.05) is 30.3 Å². The number of likely N-dealkylation sites (tertiary alicyclic amines) is 1. The van der Waals surface area contributed by atoms with Crippen molar-refractivity contribution in [1.29, 1.82) is 0 Å². The van der Waals surface area contributed by atoms with Gasteiger partial charge in [0, 0.05) is 38.5 Å². The van der Waals surface area contributed by atoms with Gasteiger partial charge in [-0.25, -0.2) is 0 Å². The third kappa shape index (κ3) is 3.37. The molecule has 2 N–H and O–H groups in total. The van der Waals surface area contributed by atoms with Gasteiger partial charge < -0.3 is 15.1 Å². The van der Waals surface area contributed by atoms with Crippen molar-refractivity contribution in [2.24, 2.45) is 0 Å². The number of thiocarbonyl (C=S) groups is 1. The molecule has 1 aromatic rings. The highest BCUT2D eigenvalue weighted by atomic mass is 32.1. The number of amides is 1. The molecular formula is C19H26N4OS. The van der Waals surface area contributed by atoms with Crippen LogP contribution in [0.25, 0.3) is 0 Å². The maximum Gasteiger partial charge on any atom is 0.241 e. The summed E-state index contributed by atoms with van der Waals surface area (Å²) in [5.74, 6) is 0.205. The largest absolute Gasteiger partial charge is 0.360 e. The molecule has 5 nitrogen and oxygen atoms in total. The van der Waals surface area contributed by atoms with E-state index in [1.54, 1.807) is 0 Å². The molecule has 3 fully saturated rings. The summed E-state index contributed by atoms with van der Waals surface area (Å²) in [7, 11) is 0. The Balaban J connectivity index is 1.45. The second-order valence-electron chi connectivity index (χ2n) is 7.52. The number of hydrogen-bond acceptors (Lipinski definition) is 3. The molecular weight excluding hydrogens is 332 g/mol. The number of hydrogen-bond donors (Lipinski definition) is 2. The zero-order chi connectivity index (χ0) is 17.4. The van der Waals surface area contributed by atoms with Gasteiger partial charge in [0.15, 0.2) is 5.11 Å². The van der Waals surface area contributed by atoms with Crippen LogP contribution in [0.2, 0.25) is 0 Å². The van der Waals surface area contributed by atoms with Gasteiger partial charge in [0.1, 0.15) is 0 Å². The smallest absolute Gasteiger partial charge is 0.241 e. The highest BCUT2D eigenvalue weighted by Crippen LogP contribution is 2.34. The summed E-state index contributed by atoms with van der Waals surface area (Å²) in [4.78, 5) is 17.1. The minimum atomic E-state index is -0.238. The lowest BCUT2D eigenvalue weighted by Crippen LogP contribution is -2.60. The molecule has 1 unspecified atom stereocenters. The van der Waals surface area contributed by atoms with Gasteiger partial charge in [0.25, 0.3) is 0 Å². The number of nitrogens with one attached hydrogen (secondary N) is 2. The normalized spacial score (nSPS) is 25.5. The van der Waals surface area contributed by atoms with E-state index in [4.69, 9.17) is 12.2 Å². The Hall–Kier alpha value is -1.66. The first kappa shape index (κ1) is 16.8. The Morgan fingerprint density at radius 1 is 1.28 bits per heavy atom. The van der Waals surface area contributed by atoms with E-state index < -0.39 is 0 Å². The molecule has 0 bridgehead atoms. The molecule has 1 atom stereocenters. The molecule has 2 aliphatic heterocycles. The zero-order valence-electron chi connectivity index (χ0n) is 14.7. The first-order valence-electron chi connectivity index (χ1n) is 9.26. The zero-order valence-corrected chi connectivity index (χ0v) is 15.5. The maximum absolute atomic E-state index is 12.8. The molecule has 3 aliphatic rings. The van der Waals surface area contributed by atoms with Crippen LogP contribution < -0.4 is 10.6 Å². The van der Waals surface area contributed by atoms with E-state index in [0.717, 1.165) is 31.0 Å². The van der Waals surface area contributed by atoms with Crippen LogP contribution in [0.5, 0.6) is 0 Å². The minimum Gasteiger partial charge on any atom is -0.360 e. The minimum absolute atomic E-state index is 0.119. The van der Waals surface area contributed by atoms with E-state index in [1.807, 2.05) is 25.1 Å². The van der Waals surface area contributed by atoms with Crippen LogP contribution >= 0.6 is 12.2 Å². The fourth-order valence-corrected chi connectivity index (χ4v) is 4.32. The van der Waals surface area contributed by atoms with Gasteiger partial charge in [-0.3, -0.25) is 10.1 Å². The molecule has 1 aliphatic carbocycles. The third-order valence-corrected chi connectivity index (χ3v) is 5.98. The number of rotatable bonds is 3. The van der Waals surface area contributed by atoms with Crippen LogP contribution in [0, 0.1) is 0 Å². The first-order valence-corrected chi connectivity index (χ1v) is 9.67. The fraction of sp³-hybridized carbons (Fsp3) is 0.579. The SMILES string of the molecule is CC1NC2(CCN(C(=S)NC3CC3)CC2)N(Cc2ccccc2)C1=O. The van der Waals surface area contributed by atoms with Crippen molar-refractivity contribution in [3.05, 3.63) is 35.9 Å². The predicted molar refractivity (Wildman–Crippen MR) is 102 cm³/mol. The molecule has 1 amide bonds. The fourth-order valence-electron chi connectivity index (χ4n) is 3.97. The third-order valence-electron chi connectivity index (χ3n) is 5.60. The lowest BCUT2D eigenvalue weighted by Gasteiger charge is -2.45. The average molecular weight is 359 g/mol. The van der Waals surface area contributed by atoms with Gasteiger partial charge in [0.2, 0.25) is 5.91 Å². The van der Waals surface area contributed by atoms with E-state index in [0.29, 0.717) is 12.6 Å². The van der Waals surface area contributed by atoms with Gasteiger partial charge in [-0.15, -0.1) is 0 Å². The van der Waals surface area contributed by atoms with E-state index in [-0.39, 0.29) is 17.6 Å². The molecule has 2 heterocycles. The van der Waals surface area contributed by atoms with E-state index >= 15 is 0 Å². The summed E-state index contributed by atoms with van der Waals surface area (Å²) in [5.41, 5.74) is 0.942. The monoisotopic (exact) mass is 358 g/mol. The van der Waals surface area contributed by atoms with Gasteiger partial charge >= 0.3 is 0 Å². The molecule has 6 heteroatoms. The summed E-state index contributed by atoms with van der Waals surface area (Å²) in [6, 6.07) is 10.7. The van der Waals surface area contributed by atoms with Crippen LogP contribution in [0.3, 0.4) is 0 Å². The second kappa shape index (κ2) is 6.57. The summed E-state index contributed by atoms with van der Waals surface area (Å²) in [6.45, 7) is 4.41. The lowest BCUT2D eigenvalue weighted by molar-refractivity contribution is -0.133. The van der Waals surface area contributed by atoms with Crippen LogP contribution in [0.15, 0.2) is 30.3 Å². The van der Waals surface area contributed by atoms with Crippen molar-refractivity contribution in [3.8, 4) is 0 Å². The van der Waals surface area contributed by atoms with Crippen molar-refractivity contribution in [1.82, 2.24) is 20.4 Å². The van der Waals surface area contributed by atoms with Crippen molar-refractivity contribution in [2.45, 2.75) is 56.9 Å².